The Morgan fingerprint density at radius 1 is 1.62 bits per heavy atom. The second kappa shape index (κ2) is 3.36. The van der Waals surface area contributed by atoms with E-state index in [1.165, 1.54) is 6.20 Å². The maximum Gasteiger partial charge on any atom is 0.0706 e. The van der Waals surface area contributed by atoms with Crippen LogP contribution in [0.3, 0.4) is 0 Å². The summed E-state index contributed by atoms with van der Waals surface area (Å²) in [5, 5.41) is 2.64. The third kappa shape index (κ3) is 2.50. The fourth-order valence-corrected chi connectivity index (χ4v) is 0.232. The lowest BCUT2D eigenvalue weighted by atomic mass is 10.1. The predicted octanol–water partition coefficient (Wildman–Crippen LogP) is 2.31. The van der Waals surface area contributed by atoms with E-state index in [4.69, 9.17) is 0 Å². The van der Waals surface area contributed by atoms with Crippen molar-refractivity contribution >= 4 is 0 Å². The monoisotopic (exact) mass is 113 g/mol. The first kappa shape index (κ1) is 7.34. The van der Waals surface area contributed by atoms with Crippen LogP contribution in [0, 0.1) is 10.8 Å². The highest BCUT2D eigenvalue weighted by molar-refractivity contribution is 4.98. The quantitative estimate of drug-likeness (QED) is 0.505. The van der Waals surface area contributed by atoms with Crippen LogP contribution in [0.4, 0.5) is 0 Å². The van der Waals surface area contributed by atoms with E-state index >= 15 is 0 Å². The normalized spacial score (nSPS) is 12.2. The average Bonchev–Trinajstić information content (AvgIpc) is 1.67. The van der Waals surface area contributed by atoms with Gasteiger partial charge in [0, 0.05) is 0 Å². The largest absolute Gasteiger partial charge is 0.145 e. The van der Waals surface area contributed by atoms with Gasteiger partial charge in [0.1, 0.15) is 0 Å². The summed E-state index contributed by atoms with van der Waals surface area (Å²) in [5.74, 6) is 0.438. The Balaban J connectivity index is 3.78. The van der Waals surface area contributed by atoms with E-state index in [0.717, 1.165) is 5.57 Å². The lowest BCUT2D eigenvalue weighted by molar-refractivity contribution is 0.766. The Kier molecular flexibility index (Phi) is 3.08. The van der Waals surface area contributed by atoms with Crippen molar-refractivity contribution in [1.82, 2.24) is 0 Å². The topological polar surface area (TPSA) is 29.4 Å². The third-order valence-corrected chi connectivity index (χ3v) is 1.17. The van der Waals surface area contributed by atoms with Crippen molar-refractivity contribution in [2.24, 2.45) is 11.1 Å². The molecule has 0 aromatic carbocycles. The predicted molar refractivity (Wildman–Crippen MR) is 34.4 cm³/mol. The summed E-state index contributed by atoms with van der Waals surface area (Å²) < 4.78 is 0. The zero-order chi connectivity index (χ0) is 6.57. The van der Waals surface area contributed by atoms with E-state index in [-0.39, 0.29) is 0 Å². The first-order chi connectivity index (χ1) is 3.68. The van der Waals surface area contributed by atoms with E-state index in [0.29, 0.717) is 5.92 Å². The van der Waals surface area contributed by atoms with Crippen LogP contribution < -0.4 is 0 Å². The molecule has 0 aromatic heterocycles. The minimum absolute atomic E-state index is 0.438. The first-order valence-corrected chi connectivity index (χ1v) is 2.67. The Morgan fingerprint density at radius 3 is 2.25 bits per heavy atom. The molecule has 0 amide bonds. The van der Waals surface area contributed by atoms with Gasteiger partial charge in [-0.1, -0.05) is 13.8 Å². The summed E-state index contributed by atoms with van der Waals surface area (Å²) in [4.78, 5) is 9.59. The van der Waals surface area contributed by atoms with Gasteiger partial charge in [-0.3, -0.25) is 0 Å². The van der Waals surface area contributed by atoms with Crippen molar-refractivity contribution in [1.29, 1.82) is 0 Å². The molecule has 0 spiro atoms. The van der Waals surface area contributed by atoms with Crippen molar-refractivity contribution in [3.8, 4) is 0 Å². The zero-order valence-corrected chi connectivity index (χ0v) is 5.51. The van der Waals surface area contributed by atoms with Crippen LogP contribution in [0.2, 0.25) is 0 Å². The van der Waals surface area contributed by atoms with E-state index in [2.05, 4.69) is 5.18 Å². The Bertz CT molecular complexity index is 105. The Labute approximate surface area is 49.6 Å². The molecule has 0 atom stereocenters. The average molecular weight is 113 g/mol. The van der Waals surface area contributed by atoms with Crippen molar-refractivity contribution in [3.63, 3.8) is 0 Å². The highest BCUT2D eigenvalue weighted by Crippen LogP contribution is 2.06. The molecule has 2 heteroatoms. The van der Waals surface area contributed by atoms with Gasteiger partial charge >= 0.3 is 0 Å². The maximum absolute atomic E-state index is 9.59. The number of nitroso groups, excluding NO2 is 1. The highest BCUT2D eigenvalue weighted by atomic mass is 16.2. The summed E-state index contributed by atoms with van der Waals surface area (Å²) in [7, 11) is 0. The summed E-state index contributed by atoms with van der Waals surface area (Å²) >= 11 is 0. The standard InChI is InChI=1S/C6H11NO/c1-5(2)6(3)4-7-8/h4-5H,1-3H3/b6-4-. The van der Waals surface area contributed by atoms with Crippen LogP contribution >= 0.6 is 0 Å². The maximum atomic E-state index is 9.59. The molecule has 0 radical (unpaired) electrons. The molecule has 2 nitrogen and oxygen atoms in total. The van der Waals surface area contributed by atoms with E-state index in [9.17, 15) is 4.91 Å². The minimum Gasteiger partial charge on any atom is -0.145 e. The molecule has 8 heavy (non-hydrogen) atoms. The van der Waals surface area contributed by atoms with E-state index < -0.39 is 0 Å². The number of hydrogen-bond acceptors (Lipinski definition) is 2. The minimum atomic E-state index is 0.438. The van der Waals surface area contributed by atoms with Gasteiger partial charge in [-0.2, -0.15) is 0 Å². The molecule has 46 valence electrons. The molecular weight excluding hydrogens is 102 g/mol. The Hall–Kier alpha value is -0.660. The van der Waals surface area contributed by atoms with Gasteiger partial charge in [-0.25, -0.2) is 0 Å². The number of hydrogen-bond donors (Lipinski definition) is 0. The lowest BCUT2D eigenvalue weighted by Gasteiger charge is -1.99. The van der Waals surface area contributed by atoms with E-state index in [1.807, 2.05) is 20.8 Å². The van der Waals surface area contributed by atoms with Crippen LogP contribution in [0.1, 0.15) is 20.8 Å². The van der Waals surface area contributed by atoms with Crippen molar-refractivity contribution in [2.45, 2.75) is 20.8 Å². The molecule has 0 N–H and O–H groups in total. The summed E-state index contributed by atoms with van der Waals surface area (Å²) in [5.41, 5.74) is 1.03. The van der Waals surface area contributed by atoms with Gasteiger partial charge < -0.3 is 0 Å². The number of nitrogens with zero attached hydrogens (tertiary/aromatic N) is 1. The van der Waals surface area contributed by atoms with Crippen molar-refractivity contribution in [3.05, 3.63) is 16.7 Å². The SMILES string of the molecule is C/C(=C/N=O)C(C)C. The smallest absolute Gasteiger partial charge is 0.0706 e. The molecule has 0 bridgehead atoms. The fourth-order valence-electron chi connectivity index (χ4n) is 0.232. The van der Waals surface area contributed by atoms with Crippen LogP contribution in [0.25, 0.3) is 0 Å². The molecule has 0 aromatic rings. The highest BCUT2D eigenvalue weighted by Gasteiger charge is 1.93. The molecule has 0 saturated carbocycles. The summed E-state index contributed by atoms with van der Waals surface area (Å²) in [6, 6.07) is 0. The molecule has 0 aliphatic rings. The molecule has 0 aliphatic carbocycles. The van der Waals surface area contributed by atoms with Gasteiger partial charge in [0.2, 0.25) is 0 Å². The molecule has 0 heterocycles. The van der Waals surface area contributed by atoms with Gasteiger partial charge in [-0.05, 0) is 23.6 Å². The fraction of sp³-hybridized carbons (Fsp3) is 0.667. The van der Waals surface area contributed by atoms with Gasteiger partial charge in [-0.15, -0.1) is 4.91 Å². The summed E-state index contributed by atoms with van der Waals surface area (Å²) in [6.45, 7) is 5.94. The molecule has 0 unspecified atom stereocenters. The second-order valence-electron chi connectivity index (χ2n) is 2.13. The molecular formula is C6H11NO. The van der Waals surface area contributed by atoms with Crippen molar-refractivity contribution < 1.29 is 0 Å². The first-order valence-electron chi connectivity index (χ1n) is 2.67. The molecule has 0 fully saturated rings. The molecule has 0 rings (SSSR count). The van der Waals surface area contributed by atoms with Gasteiger partial charge in [0.25, 0.3) is 0 Å². The molecule has 0 saturated heterocycles. The Morgan fingerprint density at radius 2 is 2.12 bits per heavy atom. The van der Waals surface area contributed by atoms with Crippen molar-refractivity contribution in [2.75, 3.05) is 0 Å². The van der Waals surface area contributed by atoms with Crippen LogP contribution in [0.15, 0.2) is 16.9 Å². The lowest BCUT2D eigenvalue weighted by Crippen LogP contribution is -1.86. The van der Waals surface area contributed by atoms with Crippen LogP contribution in [-0.2, 0) is 0 Å². The zero-order valence-electron chi connectivity index (χ0n) is 5.51. The summed E-state index contributed by atoms with van der Waals surface area (Å²) in [6.07, 6.45) is 1.35. The third-order valence-electron chi connectivity index (χ3n) is 1.17. The van der Waals surface area contributed by atoms with Crippen LogP contribution in [-0.4, -0.2) is 0 Å². The van der Waals surface area contributed by atoms with Crippen LogP contribution in [0.5, 0.6) is 0 Å². The number of rotatable bonds is 2. The van der Waals surface area contributed by atoms with Gasteiger partial charge in [0.05, 0.1) is 6.20 Å². The molecule has 0 aliphatic heterocycles. The van der Waals surface area contributed by atoms with Gasteiger partial charge in [0.15, 0.2) is 0 Å². The van der Waals surface area contributed by atoms with E-state index in [1.54, 1.807) is 0 Å². The second-order valence-corrected chi connectivity index (χ2v) is 2.13. The number of allylic oxidation sites excluding steroid dienone is 1.